The van der Waals surface area contributed by atoms with Gasteiger partial charge in [0.05, 0.1) is 0 Å². The van der Waals surface area contributed by atoms with Crippen molar-refractivity contribution >= 4 is 21.7 Å². The second-order valence-corrected chi connectivity index (χ2v) is 7.21. The van der Waals surface area contributed by atoms with Crippen LogP contribution in [-0.2, 0) is 6.54 Å². The van der Waals surface area contributed by atoms with Crippen LogP contribution in [0.2, 0.25) is 0 Å². The van der Waals surface area contributed by atoms with Crippen LogP contribution in [0.25, 0.3) is 0 Å². The number of likely N-dealkylation sites (N-methyl/N-ethyl adjacent to an activating group) is 1. The summed E-state index contributed by atoms with van der Waals surface area (Å²) in [7, 11) is 2.15. The van der Waals surface area contributed by atoms with Crippen molar-refractivity contribution in [3.63, 3.8) is 0 Å². The van der Waals surface area contributed by atoms with Gasteiger partial charge in [0.2, 0.25) is 0 Å². The maximum Gasteiger partial charge on any atom is 0.132 e. The Bertz CT molecular complexity index is 661. The van der Waals surface area contributed by atoms with Crippen molar-refractivity contribution in [2.24, 2.45) is 0 Å². The largest absolute Gasteiger partial charge is 0.355 e. The summed E-state index contributed by atoms with van der Waals surface area (Å²) >= 11 is 3.56. The van der Waals surface area contributed by atoms with E-state index in [4.69, 9.17) is 0 Å². The van der Waals surface area contributed by atoms with E-state index in [0.29, 0.717) is 6.04 Å². The fourth-order valence-electron chi connectivity index (χ4n) is 3.20. The summed E-state index contributed by atoms with van der Waals surface area (Å²) in [6.07, 6.45) is 4.10. The molecule has 1 fully saturated rings. The Balaban J connectivity index is 1.66. The zero-order valence-electron chi connectivity index (χ0n) is 13.7. The van der Waals surface area contributed by atoms with Crippen LogP contribution in [0, 0.1) is 6.92 Å². The first-order chi connectivity index (χ1) is 11.1. The number of likely N-dealkylation sites (tertiary alicyclic amines) is 1. The number of anilines is 1. The molecule has 0 bridgehead atoms. The number of rotatable bonds is 4. The summed E-state index contributed by atoms with van der Waals surface area (Å²) in [6, 6.07) is 11.2. The molecular formula is C18H23BrN4. The average molecular weight is 375 g/mol. The van der Waals surface area contributed by atoms with Crippen LogP contribution in [0.3, 0.4) is 0 Å². The normalized spacial score (nSPS) is 18.8. The fourth-order valence-corrected chi connectivity index (χ4v) is 3.65. The van der Waals surface area contributed by atoms with E-state index in [1.54, 1.807) is 6.33 Å². The predicted octanol–water partition coefficient (Wildman–Crippen LogP) is 3.65. The van der Waals surface area contributed by atoms with Crippen LogP contribution in [0.5, 0.6) is 0 Å². The summed E-state index contributed by atoms with van der Waals surface area (Å²) < 4.78 is 1.15. The Kier molecular flexibility index (Phi) is 5.28. The minimum atomic E-state index is 0.505. The first-order valence-corrected chi connectivity index (χ1v) is 8.89. The van der Waals surface area contributed by atoms with E-state index >= 15 is 0 Å². The molecule has 1 aromatic heterocycles. The molecule has 3 rings (SSSR count). The van der Waals surface area contributed by atoms with E-state index in [1.807, 2.05) is 6.92 Å². The van der Waals surface area contributed by atoms with E-state index in [9.17, 15) is 0 Å². The Labute approximate surface area is 146 Å². The zero-order valence-corrected chi connectivity index (χ0v) is 15.3. The van der Waals surface area contributed by atoms with Crippen LogP contribution in [0.15, 0.2) is 41.1 Å². The van der Waals surface area contributed by atoms with Crippen LogP contribution < -0.4 is 4.90 Å². The molecule has 122 valence electrons. The third kappa shape index (κ3) is 4.30. The Hall–Kier alpha value is -1.46. The van der Waals surface area contributed by atoms with Crippen molar-refractivity contribution in [2.45, 2.75) is 32.4 Å². The number of hydrogen-bond donors (Lipinski definition) is 0. The molecular weight excluding hydrogens is 352 g/mol. The molecule has 1 saturated heterocycles. The van der Waals surface area contributed by atoms with Gasteiger partial charge in [-0.3, -0.25) is 4.90 Å². The number of piperidine rings is 1. The standard InChI is InChI=1S/C18H23BrN4/c1-14-9-18(21-13-20-14)22(2)17-7-4-8-23(12-17)11-15-5-3-6-16(19)10-15/h3,5-6,9-10,13,17H,4,7-8,11-12H2,1-2H3. The maximum absolute atomic E-state index is 4.43. The van der Waals surface area contributed by atoms with Crippen LogP contribution in [-0.4, -0.2) is 41.0 Å². The molecule has 23 heavy (non-hydrogen) atoms. The molecule has 0 aliphatic carbocycles. The van der Waals surface area contributed by atoms with Gasteiger partial charge < -0.3 is 4.90 Å². The predicted molar refractivity (Wildman–Crippen MR) is 97.6 cm³/mol. The van der Waals surface area contributed by atoms with E-state index in [2.05, 4.69) is 73.1 Å². The van der Waals surface area contributed by atoms with Crippen molar-refractivity contribution in [2.75, 3.05) is 25.0 Å². The highest BCUT2D eigenvalue weighted by atomic mass is 79.9. The first kappa shape index (κ1) is 16.4. The van der Waals surface area contributed by atoms with Gasteiger partial charge in [-0.25, -0.2) is 9.97 Å². The SMILES string of the molecule is Cc1cc(N(C)C2CCCN(Cc3cccc(Br)c3)C2)ncn1. The van der Waals surface area contributed by atoms with Crippen molar-refractivity contribution in [3.05, 3.63) is 52.4 Å². The number of aryl methyl sites for hydroxylation is 1. The summed E-state index contributed by atoms with van der Waals surface area (Å²) in [6.45, 7) is 5.26. The van der Waals surface area contributed by atoms with Gasteiger partial charge in [-0.05, 0) is 44.0 Å². The fraction of sp³-hybridized carbons (Fsp3) is 0.444. The number of benzene rings is 1. The molecule has 1 atom stereocenters. The lowest BCUT2D eigenvalue weighted by molar-refractivity contribution is 0.198. The summed E-state index contributed by atoms with van der Waals surface area (Å²) in [5.41, 5.74) is 2.38. The monoisotopic (exact) mass is 374 g/mol. The van der Waals surface area contributed by atoms with Gasteiger partial charge in [0.1, 0.15) is 12.1 Å². The van der Waals surface area contributed by atoms with Gasteiger partial charge in [0, 0.05) is 42.4 Å². The molecule has 1 aromatic carbocycles. The molecule has 2 heterocycles. The van der Waals surface area contributed by atoms with Gasteiger partial charge in [-0.2, -0.15) is 0 Å². The van der Waals surface area contributed by atoms with Crippen molar-refractivity contribution < 1.29 is 0 Å². The summed E-state index contributed by atoms with van der Waals surface area (Å²) in [5.74, 6) is 1.02. The molecule has 0 amide bonds. The van der Waals surface area contributed by atoms with E-state index < -0.39 is 0 Å². The number of halogens is 1. The van der Waals surface area contributed by atoms with Gasteiger partial charge in [-0.15, -0.1) is 0 Å². The third-order valence-corrected chi connectivity index (χ3v) is 4.97. The molecule has 2 aromatic rings. The lowest BCUT2D eigenvalue weighted by Crippen LogP contribution is -2.46. The average Bonchev–Trinajstić information content (AvgIpc) is 2.54. The molecule has 0 radical (unpaired) electrons. The molecule has 0 saturated carbocycles. The Morgan fingerprint density at radius 3 is 2.96 bits per heavy atom. The molecule has 1 unspecified atom stereocenters. The van der Waals surface area contributed by atoms with Crippen molar-refractivity contribution in [1.82, 2.24) is 14.9 Å². The highest BCUT2D eigenvalue weighted by molar-refractivity contribution is 9.10. The van der Waals surface area contributed by atoms with E-state index in [1.165, 1.54) is 24.9 Å². The molecule has 5 heteroatoms. The van der Waals surface area contributed by atoms with E-state index in [0.717, 1.165) is 29.1 Å². The minimum Gasteiger partial charge on any atom is -0.355 e. The maximum atomic E-state index is 4.43. The molecule has 0 spiro atoms. The number of aromatic nitrogens is 2. The lowest BCUT2D eigenvalue weighted by atomic mass is 10.0. The van der Waals surface area contributed by atoms with Gasteiger partial charge in [0.15, 0.2) is 0 Å². The van der Waals surface area contributed by atoms with Gasteiger partial charge in [-0.1, -0.05) is 28.1 Å². The molecule has 1 aliphatic heterocycles. The Morgan fingerprint density at radius 1 is 1.30 bits per heavy atom. The smallest absolute Gasteiger partial charge is 0.132 e. The number of nitrogens with zero attached hydrogens (tertiary/aromatic N) is 4. The summed E-state index contributed by atoms with van der Waals surface area (Å²) in [5, 5.41) is 0. The second kappa shape index (κ2) is 7.41. The number of hydrogen-bond acceptors (Lipinski definition) is 4. The second-order valence-electron chi connectivity index (χ2n) is 6.29. The third-order valence-electron chi connectivity index (χ3n) is 4.47. The Morgan fingerprint density at radius 2 is 2.17 bits per heavy atom. The molecule has 1 aliphatic rings. The van der Waals surface area contributed by atoms with Gasteiger partial charge >= 0.3 is 0 Å². The highest BCUT2D eigenvalue weighted by Gasteiger charge is 2.24. The van der Waals surface area contributed by atoms with Crippen LogP contribution >= 0.6 is 15.9 Å². The minimum absolute atomic E-state index is 0.505. The topological polar surface area (TPSA) is 32.3 Å². The van der Waals surface area contributed by atoms with Crippen molar-refractivity contribution in [1.29, 1.82) is 0 Å². The molecule has 4 nitrogen and oxygen atoms in total. The van der Waals surface area contributed by atoms with Crippen molar-refractivity contribution in [3.8, 4) is 0 Å². The van der Waals surface area contributed by atoms with Gasteiger partial charge in [0.25, 0.3) is 0 Å². The first-order valence-electron chi connectivity index (χ1n) is 8.10. The van der Waals surface area contributed by atoms with Crippen LogP contribution in [0.1, 0.15) is 24.1 Å². The molecule has 0 N–H and O–H groups in total. The van der Waals surface area contributed by atoms with Crippen LogP contribution in [0.4, 0.5) is 5.82 Å². The quantitative estimate of drug-likeness (QED) is 0.817. The highest BCUT2D eigenvalue weighted by Crippen LogP contribution is 2.22. The summed E-state index contributed by atoms with van der Waals surface area (Å²) in [4.78, 5) is 13.5. The lowest BCUT2D eigenvalue weighted by Gasteiger charge is -2.38. The zero-order chi connectivity index (χ0) is 16.2. The van der Waals surface area contributed by atoms with E-state index in [-0.39, 0.29) is 0 Å².